The number of carbonyl (C=O) groups is 1. The first-order chi connectivity index (χ1) is 7.63. The molecule has 3 N–H and O–H groups in total. The van der Waals surface area contributed by atoms with Gasteiger partial charge in [-0.2, -0.15) is 0 Å². The van der Waals surface area contributed by atoms with Gasteiger partial charge in [-0.15, -0.1) is 10.2 Å². The summed E-state index contributed by atoms with van der Waals surface area (Å²) in [5.74, 6) is 7.23. The summed E-state index contributed by atoms with van der Waals surface area (Å²) >= 11 is 0. The van der Waals surface area contributed by atoms with E-state index in [0.29, 0.717) is 12.5 Å². The van der Waals surface area contributed by atoms with Crippen molar-refractivity contribution in [2.45, 2.75) is 39.2 Å². The molecule has 16 heavy (non-hydrogen) atoms. The Morgan fingerprint density at radius 2 is 2.31 bits per heavy atom. The second-order valence-corrected chi connectivity index (χ2v) is 4.48. The van der Waals surface area contributed by atoms with Gasteiger partial charge in [0.25, 0.3) is 0 Å². The maximum atomic E-state index is 11.5. The molecule has 0 fully saturated rings. The monoisotopic (exact) mass is 223 g/mol. The molecule has 88 valence electrons. The Morgan fingerprint density at radius 1 is 1.56 bits per heavy atom. The molecule has 0 spiro atoms. The van der Waals surface area contributed by atoms with Crippen LogP contribution in [0.25, 0.3) is 0 Å². The molecule has 0 saturated heterocycles. The van der Waals surface area contributed by atoms with Gasteiger partial charge in [0, 0.05) is 18.9 Å². The predicted molar refractivity (Wildman–Crippen MR) is 58.3 cm³/mol. The van der Waals surface area contributed by atoms with Crippen LogP contribution in [0.3, 0.4) is 0 Å². The van der Waals surface area contributed by atoms with E-state index in [4.69, 9.17) is 5.84 Å². The van der Waals surface area contributed by atoms with Crippen molar-refractivity contribution < 1.29 is 4.79 Å². The highest BCUT2D eigenvalue weighted by Crippen LogP contribution is 2.23. The largest absolute Gasteiger partial charge is 0.314 e. The van der Waals surface area contributed by atoms with Crippen LogP contribution in [0.1, 0.15) is 37.8 Å². The Bertz CT molecular complexity index is 398. The number of amides is 1. The van der Waals surface area contributed by atoms with Gasteiger partial charge in [-0.25, -0.2) is 5.84 Å². The van der Waals surface area contributed by atoms with E-state index in [1.165, 1.54) is 0 Å². The van der Waals surface area contributed by atoms with Gasteiger partial charge < -0.3 is 4.57 Å². The molecule has 1 atom stereocenters. The van der Waals surface area contributed by atoms with Crippen molar-refractivity contribution in [3.63, 3.8) is 0 Å². The number of hydrogen-bond donors (Lipinski definition) is 2. The number of aromatic nitrogens is 3. The van der Waals surface area contributed by atoms with E-state index in [0.717, 1.165) is 24.5 Å². The van der Waals surface area contributed by atoms with Gasteiger partial charge >= 0.3 is 0 Å². The van der Waals surface area contributed by atoms with E-state index >= 15 is 0 Å². The molecule has 0 aromatic carbocycles. The summed E-state index contributed by atoms with van der Waals surface area (Å²) in [6, 6.07) is 0. The highest BCUT2D eigenvalue weighted by Gasteiger charge is 2.27. The SMILES string of the molecule is CC(C)c1nnc2n1CC(C(=O)NN)CC2. The molecule has 1 aliphatic heterocycles. The highest BCUT2D eigenvalue weighted by molar-refractivity contribution is 5.78. The van der Waals surface area contributed by atoms with E-state index in [9.17, 15) is 4.79 Å². The van der Waals surface area contributed by atoms with Crippen LogP contribution in [0.5, 0.6) is 0 Å². The zero-order chi connectivity index (χ0) is 11.7. The van der Waals surface area contributed by atoms with Gasteiger partial charge in [0.2, 0.25) is 5.91 Å². The summed E-state index contributed by atoms with van der Waals surface area (Å²) in [5, 5.41) is 8.31. The van der Waals surface area contributed by atoms with Crippen molar-refractivity contribution in [2.75, 3.05) is 0 Å². The number of rotatable bonds is 2. The third kappa shape index (κ3) is 1.80. The molecule has 1 amide bonds. The Kier molecular flexibility index (Phi) is 2.91. The molecule has 0 radical (unpaired) electrons. The van der Waals surface area contributed by atoms with Crippen molar-refractivity contribution in [3.8, 4) is 0 Å². The first-order valence-electron chi connectivity index (χ1n) is 5.56. The highest BCUT2D eigenvalue weighted by atomic mass is 16.2. The molecule has 0 saturated carbocycles. The van der Waals surface area contributed by atoms with E-state index in [2.05, 4.69) is 29.5 Å². The Labute approximate surface area is 94.2 Å². The van der Waals surface area contributed by atoms with E-state index < -0.39 is 0 Å². The molecule has 2 heterocycles. The van der Waals surface area contributed by atoms with Crippen molar-refractivity contribution in [1.82, 2.24) is 20.2 Å². The zero-order valence-corrected chi connectivity index (χ0v) is 9.60. The normalized spacial score (nSPS) is 19.6. The minimum atomic E-state index is -0.103. The van der Waals surface area contributed by atoms with Gasteiger partial charge in [-0.05, 0) is 6.42 Å². The Balaban J connectivity index is 2.24. The average molecular weight is 223 g/mol. The molecule has 1 unspecified atom stereocenters. The lowest BCUT2D eigenvalue weighted by molar-refractivity contribution is -0.126. The third-order valence-electron chi connectivity index (χ3n) is 3.00. The molecule has 0 bridgehead atoms. The molecule has 1 aromatic heterocycles. The van der Waals surface area contributed by atoms with Crippen molar-refractivity contribution >= 4 is 5.91 Å². The first kappa shape index (κ1) is 11.1. The van der Waals surface area contributed by atoms with Crippen LogP contribution in [0.4, 0.5) is 0 Å². The lowest BCUT2D eigenvalue weighted by atomic mass is 9.98. The van der Waals surface area contributed by atoms with E-state index in [-0.39, 0.29) is 11.8 Å². The van der Waals surface area contributed by atoms with Crippen LogP contribution < -0.4 is 11.3 Å². The molecule has 1 aliphatic rings. The van der Waals surface area contributed by atoms with Crippen LogP contribution in [0.2, 0.25) is 0 Å². The van der Waals surface area contributed by atoms with Crippen molar-refractivity contribution in [1.29, 1.82) is 0 Å². The Hall–Kier alpha value is -1.43. The lowest BCUT2D eigenvalue weighted by Gasteiger charge is -2.23. The quantitative estimate of drug-likeness (QED) is 0.418. The van der Waals surface area contributed by atoms with Crippen LogP contribution in [-0.2, 0) is 17.8 Å². The molecule has 2 rings (SSSR count). The molecule has 6 nitrogen and oxygen atoms in total. The van der Waals surface area contributed by atoms with E-state index in [1.807, 2.05) is 4.57 Å². The summed E-state index contributed by atoms with van der Waals surface area (Å²) in [5.41, 5.74) is 2.21. The second-order valence-electron chi connectivity index (χ2n) is 4.48. The second kappa shape index (κ2) is 4.21. The standard InChI is InChI=1S/C10H17N5O/c1-6(2)9-14-13-8-4-3-7(5-15(8)9)10(16)12-11/h6-7H,3-5,11H2,1-2H3,(H,12,16). The van der Waals surface area contributed by atoms with Crippen LogP contribution in [-0.4, -0.2) is 20.7 Å². The predicted octanol–water partition coefficient (Wildman–Crippen LogP) is -0.0462. The van der Waals surface area contributed by atoms with Gasteiger partial charge in [0.05, 0.1) is 5.92 Å². The summed E-state index contributed by atoms with van der Waals surface area (Å²) in [6.07, 6.45) is 1.58. The number of hydrazine groups is 1. The lowest BCUT2D eigenvalue weighted by Crippen LogP contribution is -2.40. The zero-order valence-electron chi connectivity index (χ0n) is 9.60. The number of nitrogens with zero attached hydrogens (tertiary/aromatic N) is 3. The van der Waals surface area contributed by atoms with Crippen molar-refractivity contribution in [3.05, 3.63) is 11.6 Å². The van der Waals surface area contributed by atoms with Gasteiger partial charge in [0.1, 0.15) is 11.6 Å². The van der Waals surface area contributed by atoms with Gasteiger partial charge in [0.15, 0.2) is 0 Å². The molecule has 0 aliphatic carbocycles. The molecule has 6 heteroatoms. The average Bonchev–Trinajstić information content (AvgIpc) is 2.70. The summed E-state index contributed by atoms with van der Waals surface area (Å²) < 4.78 is 2.05. The number of aryl methyl sites for hydroxylation is 1. The van der Waals surface area contributed by atoms with Crippen molar-refractivity contribution in [2.24, 2.45) is 11.8 Å². The summed E-state index contributed by atoms with van der Waals surface area (Å²) in [4.78, 5) is 11.5. The fraction of sp³-hybridized carbons (Fsp3) is 0.700. The number of nitrogens with two attached hydrogens (primary N) is 1. The molecular weight excluding hydrogens is 206 g/mol. The smallest absolute Gasteiger partial charge is 0.238 e. The van der Waals surface area contributed by atoms with Crippen LogP contribution in [0, 0.1) is 5.92 Å². The number of hydrogen-bond acceptors (Lipinski definition) is 4. The maximum absolute atomic E-state index is 11.5. The summed E-state index contributed by atoms with van der Waals surface area (Å²) in [7, 11) is 0. The first-order valence-corrected chi connectivity index (χ1v) is 5.56. The minimum Gasteiger partial charge on any atom is -0.314 e. The van der Waals surface area contributed by atoms with Crippen LogP contribution >= 0.6 is 0 Å². The van der Waals surface area contributed by atoms with Crippen LogP contribution in [0.15, 0.2) is 0 Å². The fourth-order valence-corrected chi connectivity index (χ4v) is 2.11. The topological polar surface area (TPSA) is 85.8 Å². The Morgan fingerprint density at radius 3 is 2.94 bits per heavy atom. The van der Waals surface area contributed by atoms with Gasteiger partial charge in [-0.3, -0.25) is 10.2 Å². The minimum absolute atomic E-state index is 0.0639. The summed E-state index contributed by atoms with van der Waals surface area (Å²) in [6.45, 7) is 4.78. The maximum Gasteiger partial charge on any atom is 0.238 e. The number of carbonyl (C=O) groups excluding carboxylic acids is 1. The third-order valence-corrected chi connectivity index (χ3v) is 3.00. The van der Waals surface area contributed by atoms with E-state index in [1.54, 1.807) is 0 Å². The fourth-order valence-electron chi connectivity index (χ4n) is 2.11. The molecular formula is C10H17N5O. The van der Waals surface area contributed by atoms with Gasteiger partial charge in [-0.1, -0.05) is 13.8 Å². The number of nitrogens with one attached hydrogen (secondary N) is 1. The number of fused-ring (bicyclic) bond motifs is 1. The molecule has 1 aromatic rings.